The number of halogens is 1. The highest BCUT2D eigenvalue weighted by molar-refractivity contribution is 5.74. The Morgan fingerprint density at radius 3 is 2.82 bits per heavy atom. The number of aromatic nitrogens is 2. The Morgan fingerprint density at radius 2 is 2.00 bits per heavy atom. The van der Waals surface area contributed by atoms with Crippen LogP contribution in [-0.2, 0) is 0 Å². The maximum Gasteiger partial charge on any atom is 0.249 e. The Kier molecular flexibility index (Phi) is 2.04. The van der Waals surface area contributed by atoms with Gasteiger partial charge in [0.05, 0.1) is 0 Å². The fourth-order valence-corrected chi connectivity index (χ4v) is 1.58. The number of benzene rings is 1. The van der Waals surface area contributed by atoms with Crippen molar-refractivity contribution in [2.24, 2.45) is 0 Å². The Bertz CT molecular complexity index is 693. The van der Waals surface area contributed by atoms with Crippen LogP contribution in [0.3, 0.4) is 0 Å². The Morgan fingerprint density at radius 1 is 1.12 bits per heavy atom. The Balaban J connectivity index is 2.18. The summed E-state index contributed by atoms with van der Waals surface area (Å²) in [6, 6.07) is 9.39. The molecular weight excluding hydrogens is 221 g/mol. The van der Waals surface area contributed by atoms with Gasteiger partial charge in [-0.3, -0.25) is 0 Å². The van der Waals surface area contributed by atoms with E-state index in [1.165, 1.54) is 12.1 Å². The lowest BCUT2D eigenvalue weighted by Gasteiger charge is -1.93. The number of hydrogen-bond acceptors (Lipinski definition) is 4. The van der Waals surface area contributed by atoms with Gasteiger partial charge in [-0.2, -0.15) is 4.98 Å². The van der Waals surface area contributed by atoms with Gasteiger partial charge >= 0.3 is 0 Å². The first-order valence-corrected chi connectivity index (χ1v) is 5.01. The van der Waals surface area contributed by atoms with Gasteiger partial charge in [0.2, 0.25) is 11.6 Å². The molecule has 0 aliphatic heterocycles. The first kappa shape index (κ1) is 9.77. The van der Waals surface area contributed by atoms with Gasteiger partial charge < -0.3 is 10.2 Å². The molecule has 1 aromatic carbocycles. The predicted molar refractivity (Wildman–Crippen MR) is 61.6 cm³/mol. The molecule has 5 heteroatoms. The van der Waals surface area contributed by atoms with Crippen LogP contribution in [0.2, 0.25) is 0 Å². The van der Waals surface area contributed by atoms with Gasteiger partial charge in [-0.1, -0.05) is 6.07 Å². The molecule has 0 saturated heterocycles. The third-order valence-corrected chi connectivity index (χ3v) is 2.35. The summed E-state index contributed by atoms with van der Waals surface area (Å²) in [5.74, 6) is 0.356. The zero-order valence-corrected chi connectivity index (χ0v) is 8.72. The van der Waals surface area contributed by atoms with Crippen molar-refractivity contribution < 1.29 is 8.81 Å². The summed E-state index contributed by atoms with van der Waals surface area (Å²) in [6.45, 7) is 0. The molecule has 0 atom stereocenters. The van der Waals surface area contributed by atoms with Crippen LogP contribution in [0.25, 0.3) is 22.7 Å². The summed E-state index contributed by atoms with van der Waals surface area (Å²) >= 11 is 0. The van der Waals surface area contributed by atoms with Gasteiger partial charge in [0, 0.05) is 5.56 Å². The van der Waals surface area contributed by atoms with Crippen molar-refractivity contribution >= 4 is 17.0 Å². The highest BCUT2D eigenvalue weighted by Gasteiger charge is 2.09. The van der Waals surface area contributed by atoms with Crippen LogP contribution in [0.1, 0.15) is 0 Å². The SMILES string of the molecule is Nc1ccc2nc(-c3cccc(F)c3)oc2n1. The molecule has 0 radical (unpaired) electrons. The predicted octanol–water partition coefficient (Wildman–Crippen LogP) is 2.61. The van der Waals surface area contributed by atoms with E-state index in [9.17, 15) is 4.39 Å². The van der Waals surface area contributed by atoms with Crippen molar-refractivity contribution in [1.82, 2.24) is 9.97 Å². The van der Waals surface area contributed by atoms with Gasteiger partial charge in [-0.15, -0.1) is 0 Å². The van der Waals surface area contributed by atoms with Gasteiger partial charge in [0.1, 0.15) is 17.2 Å². The molecule has 84 valence electrons. The van der Waals surface area contributed by atoms with Crippen LogP contribution in [0.5, 0.6) is 0 Å². The van der Waals surface area contributed by atoms with Crippen molar-refractivity contribution in [3.63, 3.8) is 0 Å². The van der Waals surface area contributed by atoms with E-state index < -0.39 is 0 Å². The van der Waals surface area contributed by atoms with Gasteiger partial charge in [0.25, 0.3) is 0 Å². The number of fused-ring (bicyclic) bond motifs is 1. The first-order valence-electron chi connectivity index (χ1n) is 5.01. The van der Waals surface area contributed by atoms with Gasteiger partial charge in [-0.05, 0) is 30.3 Å². The molecule has 4 nitrogen and oxygen atoms in total. The first-order chi connectivity index (χ1) is 8.22. The summed E-state index contributed by atoms with van der Waals surface area (Å²) in [6.07, 6.45) is 0. The molecule has 3 rings (SSSR count). The zero-order chi connectivity index (χ0) is 11.8. The Labute approximate surface area is 95.9 Å². The second kappa shape index (κ2) is 3.55. The molecule has 0 saturated carbocycles. The van der Waals surface area contributed by atoms with Crippen molar-refractivity contribution in [2.75, 3.05) is 5.73 Å². The molecule has 3 aromatic rings. The lowest BCUT2D eigenvalue weighted by Crippen LogP contribution is -1.87. The highest BCUT2D eigenvalue weighted by atomic mass is 19.1. The van der Waals surface area contributed by atoms with E-state index in [1.54, 1.807) is 24.3 Å². The lowest BCUT2D eigenvalue weighted by molar-refractivity contribution is 0.603. The molecule has 0 aliphatic rings. The molecule has 0 unspecified atom stereocenters. The number of pyridine rings is 1. The van der Waals surface area contributed by atoms with Crippen molar-refractivity contribution in [3.8, 4) is 11.5 Å². The number of anilines is 1. The van der Waals surface area contributed by atoms with Gasteiger partial charge in [0.15, 0.2) is 0 Å². The third-order valence-electron chi connectivity index (χ3n) is 2.35. The summed E-state index contributed by atoms with van der Waals surface area (Å²) < 4.78 is 18.5. The van der Waals surface area contributed by atoms with Crippen LogP contribution in [0.4, 0.5) is 10.2 Å². The van der Waals surface area contributed by atoms with E-state index in [0.717, 1.165) is 0 Å². The third kappa shape index (κ3) is 1.71. The quantitative estimate of drug-likeness (QED) is 0.696. The number of rotatable bonds is 1. The molecule has 0 amide bonds. The van der Waals surface area contributed by atoms with Gasteiger partial charge in [-0.25, -0.2) is 9.37 Å². The minimum atomic E-state index is -0.336. The second-order valence-electron chi connectivity index (χ2n) is 3.59. The van der Waals surface area contributed by atoms with Crippen LogP contribution in [-0.4, -0.2) is 9.97 Å². The minimum Gasteiger partial charge on any atom is -0.418 e. The summed E-state index contributed by atoms with van der Waals surface area (Å²) in [4.78, 5) is 8.21. The van der Waals surface area contributed by atoms with Crippen LogP contribution >= 0.6 is 0 Å². The monoisotopic (exact) mass is 229 g/mol. The van der Waals surface area contributed by atoms with E-state index in [-0.39, 0.29) is 5.82 Å². The zero-order valence-electron chi connectivity index (χ0n) is 8.72. The summed E-state index contributed by atoms with van der Waals surface area (Å²) in [5.41, 5.74) is 7.05. The smallest absolute Gasteiger partial charge is 0.249 e. The molecule has 0 aliphatic carbocycles. The molecule has 0 fully saturated rings. The lowest BCUT2D eigenvalue weighted by atomic mass is 10.2. The number of nitrogens with zero attached hydrogens (tertiary/aromatic N) is 2. The van der Waals surface area contributed by atoms with Crippen LogP contribution in [0.15, 0.2) is 40.8 Å². The van der Waals surface area contributed by atoms with Crippen LogP contribution < -0.4 is 5.73 Å². The maximum absolute atomic E-state index is 13.1. The van der Waals surface area contributed by atoms with Crippen LogP contribution in [0, 0.1) is 5.82 Å². The average Bonchev–Trinajstić information content (AvgIpc) is 2.72. The van der Waals surface area contributed by atoms with Crippen molar-refractivity contribution in [3.05, 3.63) is 42.2 Å². The minimum absolute atomic E-state index is 0.331. The molecule has 2 aromatic heterocycles. The van der Waals surface area contributed by atoms with E-state index in [4.69, 9.17) is 10.2 Å². The normalized spacial score (nSPS) is 10.9. The van der Waals surface area contributed by atoms with Crippen molar-refractivity contribution in [1.29, 1.82) is 0 Å². The van der Waals surface area contributed by atoms with E-state index in [2.05, 4.69) is 9.97 Å². The molecule has 17 heavy (non-hydrogen) atoms. The average molecular weight is 229 g/mol. The number of nitrogen functional groups attached to an aromatic ring is 1. The number of oxazole rings is 1. The standard InChI is InChI=1S/C12H8FN3O/c13-8-3-1-2-7(6-8)11-15-9-4-5-10(14)16-12(9)17-11/h1-6H,(H2,14,16). The maximum atomic E-state index is 13.1. The fourth-order valence-electron chi connectivity index (χ4n) is 1.58. The summed E-state index contributed by atoms with van der Waals surface area (Å²) in [5, 5.41) is 0. The van der Waals surface area contributed by atoms with Crippen molar-refractivity contribution in [2.45, 2.75) is 0 Å². The Hall–Kier alpha value is -2.43. The molecule has 2 N–H and O–H groups in total. The highest BCUT2D eigenvalue weighted by Crippen LogP contribution is 2.23. The fraction of sp³-hybridized carbons (Fsp3) is 0. The van der Waals surface area contributed by atoms with E-state index in [0.29, 0.717) is 28.5 Å². The number of nitrogens with two attached hydrogens (primary N) is 1. The molecular formula is C12H8FN3O. The summed E-state index contributed by atoms with van der Waals surface area (Å²) in [7, 11) is 0. The molecule has 0 spiro atoms. The molecule has 2 heterocycles. The number of hydrogen-bond donors (Lipinski definition) is 1. The van der Waals surface area contributed by atoms with E-state index in [1.807, 2.05) is 0 Å². The second-order valence-corrected chi connectivity index (χ2v) is 3.59. The topological polar surface area (TPSA) is 64.9 Å². The van der Waals surface area contributed by atoms with E-state index >= 15 is 0 Å². The largest absolute Gasteiger partial charge is 0.418 e. The molecule has 0 bridgehead atoms.